The summed E-state index contributed by atoms with van der Waals surface area (Å²) in [6.45, 7) is 0. The maximum absolute atomic E-state index is 4.29. The van der Waals surface area contributed by atoms with Crippen molar-refractivity contribution in [3.63, 3.8) is 0 Å². The van der Waals surface area contributed by atoms with Crippen LogP contribution in [-0.4, -0.2) is 15.0 Å². The third kappa shape index (κ3) is 2.26. The Kier molecular flexibility index (Phi) is 3.06. The molecular formula is C13H9IN4. The van der Waals surface area contributed by atoms with Crippen LogP contribution in [0.4, 0.5) is 11.5 Å². The number of pyridine rings is 1. The highest BCUT2D eigenvalue weighted by Gasteiger charge is 2.02. The predicted molar refractivity (Wildman–Crippen MR) is 79.8 cm³/mol. The fourth-order valence-electron chi connectivity index (χ4n) is 1.69. The Bertz CT molecular complexity index is 699. The highest BCUT2D eigenvalue weighted by molar-refractivity contribution is 14.1. The van der Waals surface area contributed by atoms with E-state index in [1.54, 1.807) is 12.4 Å². The van der Waals surface area contributed by atoms with Gasteiger partial charge >= 0.3 is 0 Å². The number of rotatable bonds is 2. The fraction of sp³-hybridized carbons (Fsp3) is 0. The van der Waals surface area contributed by atoms with Gasteiger partial charge in [0.15, 0.2) is 0 Å². The number of nitrogens with one attached hydrogen (secondary N) is 1. The van der Waals surface area contributed by atoms with Crippen molar-refractivity contribution in [1.82, 2.24) is 15.0 Å². The minimum atomic E-state index is 0.814. The molecule has 5 heteroatoms. The summed E-state index contributed by atoms with van der Waals surface area (Å²) in [7, 11) is 0. The van der Waals surface area contributed by atoms with Gasteiger partial charge in [-0.25, -0.2) is 9.97 Å². The molecule has 0 unspecified atom stereocenters. The van der Waals surface area contributed by atoms with Crippen molar-refractivity contribution in [3.05, 3.63) is 52.6 Å². The average Bonchev–Trinajstić information content (AvgIpc) is 2.41. The van der Waals surface area contributed by atoms with Crippen molar-refractivity contribution in [2.45, 2.75) is 0 Å². The molecule has 0 aliphatic carbocycles. The van der Waals surface area contributed by atoms with E-state index in [1.165, 1.54) is 6.33 Å². The van der Waals surface area contributed by atoms with E-state index in [4.69, 9.17) is 0 Å². The normalized spacial score (nSPS) is 10.5. The van der Waals surface area contributed by atoms with Crippen LogP contribution in [0, 0.1) is 3.57 Å². The van der Waals surface area contributed by atoms with Gasteiger partial charge in [-0.3, -0.25) is 4.98 Å². The van der Waals surface area contributed by atoms with Crippen LogP contribution in [-0.2, 0) is 0 Å². The van der Waals surface area contributed by atoms with Crippen molar-refractivity contribution < 1.29 is 0 Å². The average molecular weight is 348 g/mol. The van der Waals surface area contributed by atoms with Gasteiger partial charge in [-0.1, -0.05) is 6.07 Å². The van der Waals surface area contributed by atoms with Crippen molar-refractivity contribution in [1.29, 1.82) is 0 Å². The summed E-state index contributed by atoms with van der Waals surface area (Å²) in [6.07, 6.45) is 5.11. The van der Waals surface area contributed by atoms with Crippen molar-refractivity contribution in [2.75, 3.05) is 5.32 Å². The fourth-order valence-corrected chi connectivity index (χ4v) is 2.13. The van der Waals surface area contributed by atoms with E-state index in [-0.39, 0.29) is 0 Å². The Morgan fingerprint density at radius 2 is 2.06 bits per heavy atom. The molecule has 0 radical (unpaired) electrons. The summed E-state index contributed by atoms with van der Waals surface area (Å²) < 4.78 is 0.987. The molecular weight excluding hydrogens is 339 g/mol. The number of benzene rings is 1. The molecule has 0 amide bonds. The number of anilines is 2. The molecule has 0 saturated carbocycles. The number of fused-ring (bicyclic) bond motifs is 1. The van der Waals surface area contributed by atoms with E-state index in [0.717, 1.165) is 26.0 Å². The third-order valence-electron chi connectivity index (χ3n) is 2.53. The molecule has 0 fully saturated rings. The van der Waals surface area contributed by atoms with Crippen LogP contribution >= 0.6 is 22.6 Å². The molecule has 1 aromatic carbocycles. The molecule has 0 aliphatic rings. The van der Waals surface area contributed by atoms with E-state index in [1.807, 2.05) is 24.3 Å². The third-order valence-corrected chi connectivity index (χ3v) is 3.32. The summed E-state index contributed by atoms with van der Waals surface area (Å²) in [5, 5.41) is 4.38. The van der Waals surface area contributed by atoms with E-state index < -0.39 is 0 Å². The van der Waals surface area contributed by atoms with E-state index in [9.17, 15) is 0 Å². The van der Waals surface area contributed by atoms with E-state index in [0.29, 0.717) is 0 Å². The SMILES string of the molecule is Ic1cncnc1Nc1ccc2ncccc2c1. The molecule has 1 N–H and O–H groups in total. The van der Waals surface area contributed by atoms with Gasteiger partial charge in [0.05, 0.1) is 9.09 Å². The molecule has 0 atom stereocenters. The molecule has 0 bridgehead atoms. The number of aromatic nitrogens is 3. The second-order valence-electron chi connectivity index (χ2n) is 3.76. The van der Waals surface area contributed by atoms with Gasteiger partial charge < -0.3 is 5.32 Å². The van der Waals surface area contributed by atoms with Gasteiger partial charge in [0.2, 0.25) is 0 Å². The first-order valence-corrected chi connectivity index (χ1v) is 6.48. The maximum atomic E-state index is 4.29. The summed E-state index contributed by atoms with van der Waals surface area (Å²) in [4.78, 5) is 12.5. The Morgan fingerprint density at radius 3 is 2.94 bits per heavy atom. The second kappa shape index (κ2) is 4.85. The minimum Gasteiger partial charge on any atom is -0.339 e. The van der Waals surface area contributed by atoms with Gasteiger partial charge in [-0.2, -0.15) is 0 Å². The smallest absolute Gasteiger partial charge is 0.147 e. The van der Waals surface area contributed by atoms with Gasteiger partial charge in [0, 0.05) is 23.5 Å². The van der Waals surface area contributed by atoms with Crippen LogP contribution in [0.15, 0.2) is 49.1 Å². The first-order chi connectivity index (χ1) is 8.83. The first kappa shape index (κ1) is 11.3. The predicted octanol–water partition coefficient (Wildman–Crippen LogP) is 3.37. The quantitative estimate of drug-likeness (QED) is 0.722. The van der Waals surface area contributed by atoms with Crippen LogP contribution < -0.4 is 5.32 Å². The highest BCUT2D eigenvalue weighted by Crippen LogP contribution is 2.22. The lowest BCUT2D eigenvalue weighted by Gasteiger charge is -2.07. The minimum absolute atomic E-state index is 0.814. The Morgan fingerprint density at radius 1 is 1.11 bits per heavy atom. The molecule has 18 heavy (non-hydrogen) atoms. The van der Waals surface area contributed by atoms with Gasteiger partial charge in [-0.05, 0) is 46.9 Å². The molecule has 0 aliphatic heterocycles. The Hall–Kier alpha value is -1.76. The highest BCUT2D eigenvalue weighted by atomic mass is 127. The molecule has 0 saturated heterocycles. The monoisotopic (exact) mass is 348 g/mol. The van der Waals surface area contributed by atoms with Crippen LogP contribution in [0.1, 0.15) is 0 Å². The Labute approximate surface area is 118 Å². The first-order valence-electron chi connectivity index (χ1n) is 5.40. The second-order valence-corrected chi connectivity index (χ2v) is 4.92. The number of hydrogen-bond acceptors (Lipinski definition) is 4. The molecule has 2 aromatic heterocycles. The summed E-state index contributed by atoms with van der Waals surface area (Å²) in [5.74, 6) is 0.814. The largest absolute Gasteiger partial charge is 0.339 e. The van der Waals surface area contributed by atoms with E-state index in [2.05, 4.69) is 48.9 Å². The van der Waals surface area contributed by atoms with Gasteiger partial charge in [0.25, 0.3) is 0 Å². The zero-order valence-corrected chi connectivity index (χ0v) is 11.5. The van der Waals surface area contributed by atoms with Crippen LogP contribution in [0.5, 0.6) is 0 Å². The van der Waals surface area contributed by atoms with Crippen molar-refractivity contribution in [2.24, 2.45) is 0 Å². The maximum Gasteiger partial charge on any atom is 0.147 e. The lowest BCUT2D eigenvalue weighted by Crippen LogP contribution is -1.96. The van der Waals surface area contributed by atoms with Crippen LogP contribution in [0.3, 0.4) is 0 Å². The van der Waals surface area contributed by atoms with E-state index >= 15 is 0 Å². The number of hydrogen-bond donors (Lipinski definition) is 1. The molecule has 3 rings (SSSR count). The summed E-state index contributed by atoms with van der Waals surface area (Å²) in [5.41, 5.74) is 1.98. The lowest BCUT2D eigenvalue weighted by molar-refractivity contribution is 1.15. The van der Waals surface area contributed by atoms with Crippen molar-refractivity contribution >= 4 is 45.0 Å². The van der Waals surface area contributed by atoms with Gasteiger partial charge in [0.1, 0.15) is 12.1 Å². The zero-order valence-electron chi connectivity index (χ0n) is 9.34. The topological polar surface area (TPSA) is 50.7 Å². The zero-order chi connectivity index (χ0) is 12.4. The summed E-state index contributed by atoms with van der Waals surface area (Å²) >= 11 is 2.21. The van der Waals surface area contributed by atoms with Crippen LogP contribution in [0.2, 0.25) is 0 Å². The Balaban J connectivity index is 1.98. The number of halogens is 1. The molecule has 4 nitrogen and oxygen atoms in total. The van der Waals surface area contributed by atoms with Gasteiger partial charge in [-0.15, -0.1) is 0 Å². The lowest BCUT2D eigenvalue weighted by atomic mass is 10.2. The molecule has 2 heterocycles. The summed E-state index contributed by atoms with van der Waals surface area (Å²) in [6, 6.07) is 10.0. The molecule has 3 aromatic rings. The van der Waals surface area contributed by atoms with Crippen LogP contribution in [0.25, 0.3) is 10.9 Å². The number of nitrogens with zero attached hydrogens (tertiary/aromatic N) is 3. The van der Waals surface area contributed by atoms with Crippen molar-refractivity contribution in [3.8, 4) is 0 Å². The molecule has 0 spiro atoms. The standard InChI is InChI=1S/C13H9IN4/c14-11-7-15-8-17-13(11)18-10-3-4-12-9(6-10)2-1-5-16-12/h1-8H,(H,15,17,18). The molecule has 88 valence electrons.